The summed E-state index contributed by atoms with van der Waals surface area (Å²) in [6, 6.07) is 10.0. The molecule has 2 aromatic rings. The Bertz CT molecular complexity index is 539. The average molecular weight is 316 g/mol. The second kappa shape index (κ2) is 6.62. The lowest BCUT2D eigenvalue weighted by Gasteiger charge is -2.15. The second-order valence-corrected chi connectivity index (χ2v) is 6.60. The lowest BCUT2D eigenvalue weighted by Crippen LogP contribution is -2.06. The highest BCUT2D eigenvalue weighted by atomic mass is 35.5. The molecule has 1 heterocycles. The van der Waals surface area contributed by atoms with Gasteiger partial charge in [-0.3, -0.25) is 0 Å². The van der Waals surface area contributed by atoms with Gasteiger partial charge < -0.3 is 10.4 Å². The van der Waals surface area contributed by atoms with E-state index >= 15 is 0 Å². The highest BCUT2D eigenvalue weighted by Gasteiger charge is 2.13. The summed E-state index contributed by atoms with van der Waals surface area (Å²) in [6.07, 6.45) is 0.682. The summed E-state index contributed by atoms with van der Waals surface area (Å²) >= 11 is 13.5. The van der Waals surface area contributed by atoms with Gasteiger partial charge in [0.25, 0.3) is 0 Å². The summed E-state index contributed by atoms with van der Waals surface area (Å²) in [6.45, 7) is 2.22. The molecule has 0 aliphatic heterocycles. The molecule has 5 heteroatoms. The van der Waals surface area contributed by atoms with Gasteiger partial charge in [0.2, 0.25) is 0 Å². The second-order valence-electron chi connectivity index (χ2n) is 4.32. The molecular weight excluding hydrogens is 301 g/mol. The third-order valence-corrected chi connectivity index (χ3v) is 4.41. The predicted molar refractivity (Wildman–Crippen MR) is 83.6 cm³/mol. The van der Waals surface area contributed by atoms with Gasteiger partial charge in [-0.25, -0.2) is 0 Å². The molecule has 2 N–H and O–H groups in total. The molecule has 0 saturated carbocycles. The highest BCUT2D eigenvalue weighted by Crippen LogP contribution is 2.36. The molecule has 0 aliphatic rings. The standard InChI is InChI=1S/C14H15Cl2NOS/c1-9(12-8-13(15)19-14(12)16)17-11-4-2-10(3-5-11)6-7-18/h2-5,8-9,17-18H,6-7H2,1H3. The first-order valence-electron chi connectivity index (χ1n) is 6.01. The first-order valence-corrected chi connectivity index (χ1v) is 7.58. The van der Waals surface area contributed by atoms with Gasteiger partial charge in [-0.05, 0) is 37.1 Å². The molecule has 1 aromatic carbocycles. The highest BCUT2D eigenvalue weighted by molar-refractivity contribution is 7.20. The van der Waals surface area contributed by atoms with Gasteiger partial charge >= 0.3 is 0 Å². The molecule has 1 unspecified atom stereocenters. The van der Waals surface area contributed by atoms with E-state index in [1.807, 2.05) is 37.3 Å². The molecule has 1 aromatic heterocycles. The molecule has 2 rings (SSSR count). The van der Waals surface area contributed by atoms with Crippen molar-refractivity contribution < 1.29 is 5.11 Å². The number of anilines is 1. The zero-order valence-electron chi connectivity index (χ0n) is 10.5. The number of thiophene rings is 1. The van der Waals surface area contributed by atoms with E-state index in [9.17, 15) is 0 Å². The molecule has 0 fully saturated rings. The minimum absolute atomic E-state index is 0.0972. The van der Waals surface area contributed by atoms with Crippen LogP contribution in [0.25, 0.3) is 0 Å². The number of halogens is 2. The van der Waals surface area contributed by atoms with E-state index in [4.69, 9.17) is 28.3 Å². The van der Waals surface area contributed by atoms with Crippen LogP contribution in [0, 0.1) is 0 Å². The van der Waals surface area contributed by atoms with Crippen LogP contribution in [0.1, 0.15) is 24.1 Å². The number of aliphatic hydroxyl groups excluding tert-OH is 1. The molecule has 0 bridgehead atoms. The van der Waals surface area contributed by atoms with Crippen LogP contribution >= 0.6 is 34.5 Å². The molecule has 19 heavy (non-hydrogen) atoms. The van der Waals surface area contributed by atoms with Crippen molar-refractivity contribution in [3.8, 4) is 0 Å². The summed E-state index contributed by atoms with van der Waals surface area (Å²) in [5.74, 6) is 0. The van der Waals surface area contributed by atoms with Crippen LogP contribution in [0.15, 0.2) is 30.3 Å². The summed E-state index contributed by atoms with van der Waals surface area (Å²) in [5.41, 5.74) is 3.15. The van der Waals surface area contributed by atoms with E-state index in [0.29, 0.717) is 10.8 Å². The van der Waals surface area contributed by atoms with Crippen molar-refractivity contribution in [1.29, 1.82) is 0 Å². The molecule has 0 radical (unpaired) electrons. The lowest BCUT2D eigenvalue weighted by atomic mass is 10.1. The SMILES string of the molecule is CC(Nc1ccc(CCO)cc1)c1cc(Cl)sc1Cl. The van der Waals surface area contributed by atoms with Crippen molar-refractivity contribution in [2.75, 3.05) is 11.9 Å². The van der Waals surface area contributed by atoms with Gasteiger partial charge in [0, 0.05) is 17.9 Å². The Balaban J connectivity index is 2.06. The Hall–Kier alpha value is -0.740. The van der Waals surface area contributed by atoms with E-state index in [1.165, 1.54) is 11.3 Å². The van der Waals surface area contributed by atoms with Crippen molar-refractivity contribution in [3.05, 3.63) is 50.1 Å². The Kier molecular flexibility index (Phi) is 5.11. The van der Waals surface area contributed by atoms with Crippen LogP contribution in [-0.4, -0.2) is 11.7 Å². The minimum atomic E-state index is 0.0972. The van der Waals surface area contributed by atoms with Crippen LogP contribution in [-0.2, 0) is 6.42 Å². The quantitative estimate of drug-likeness (QED) is 0.833. The number of hydrogen-bond acceptors (Lipinski definition) is 3. The molecule has 2 nitrogen and oxygen atoms in total. The maximum atomic E-state index is 8.87. The summed E-state index contributed by atoms with van der Waals surface area (Å²) in [4.78, 5) is 0. The maximum absolute atomic E-state index is 8.87. The van der Waals surface area contributed by atoms with Crippen LogP contribution in [0.3, 0.4) is 0 Å². The normalized spacial score (nSPS) is 12.4. The first-order chi connectivity index (χ1) is 9.10. The Labute approximate surface area is 127 Å². The monoisotopic (exact) mass is 315 g/mol. The fourth-order valence-electron chi connectivity index (χ4n) is 1.87. The fraction of sp³-hybridized carbons (Fsp3) is 0.286. The van der Waals surface area contributed by atoms with E-state index in [1.54, 1.807) is 0 Å². The molecule has 0 aliphatic carbocycles. The molecule has 0 amide bonds. The maximum Gasteiger partial charge on any atom is 0.0996 e. The van der Waals surface area contributed by atoms with E-state index in [0.717, 1.165) is 21.2 Å². The van der Waals surface area contributed by atoms with Crippen molar-refractivity contribution >= 4 is 40.2 Å². The van der Waals surface area contributed by atoms with E-state index in [2.05, 4.69) is 5.32 Å². The number of hydrogen-bond donors (Lipinski definition) is 2. The predicted octanol–water partition coefficient (Wildman–Crippen LogP) is 4.76. The lowest BCUT2D eigenvalue weighted by molar-refractivity contribution is 0.299. The zero-order valence-corrected chi connectivity index (χ0v) is 12.8. The van der Waals surface area contributed by atoms with Gasteiger partial charge in [-0.2, -0.15) is 0 Å². The number of aliphatic hydroxyl groups is 1. The Morgan fingerprint density at radius 2 is 1.95 bits per heavy atom. The number of rotatable bonds is 5. The molecular formula is C14H15Cl2NOS. The van der Waals surface area contributed by atoms with Crippen molar-refractivity contribution in [3.63, 3.8) is 0 Å². The topological polar surface area (TPSA) is 32.3 Å². The number of benzene rings is 1. The molecule has 0 spiro atoms. The van der Waals surface area contributed by atoms with Crippen molar-refractivity contribution in [2.45, 2.75) is 19.4 Å². The van der Waals surface area contributed by atoms with Gasteiger partial charge in [0.05, 0.1) is 14.7 Å². The van der Waals surface area contributed by atoms with Crippen LogP contribution in [0.2, 0.25) is 8.67 Å². The van der Waals surface area contributed by atoms with Gasteiger partial charge in [-0.15, -0.1) is 11.3 Å². The van der Waals surface area contributed by atoms with Crippen molar-refractivity contribution in [2.24, 2.45) is 0 Å². The average Bonchev–Trinajstić information content (AvgIpc) is 2.71. The summed E-state index contributed by atoms with van der Waals surface area (Å²) in [7, 11) is 0. The summed E-state index contributed by atoms with van der Waals surface area (Å²) in [5, 5.41) is 12.3. The molecule has 1 atom stereocenters. The smallest absolute Gasteiger partial charge is 0.0996 e. The zero-order chi connectivity index (χ0) is 13.8. The van der Waals surface area contributed by atoms with E-state index in [-0.39, 0.29) is 12.6 Å². The summed E-state index contributed by atoms with van der Waals surface area (Å²) < 4.78 is 1.42. The third-order valence-electron chi connectivity index (χ3n) is 2.89. The van der Waals surface area contributed by atoms with Crippen LogP contribution < -0.4 is 5.32 Å². The van der Waals surface area contributed by atoms with Gasteiger partial charge in [-0.1, -0.05) is 35.3 Å². The first kappa shape index (κ1) is 14.7. The van der Waals surface area contributed by atoms with E-state index < -0.39 is 0 Å². The van der Waals surface area contributed by atoms with Crippen LogP contribution in [0.4, 0.5) is 5.69 Å². The molecule has 102 valence electrons. The largest absolute Gasteiger partial charge is 0.396 e. The van der Waals surface area contributed by atoms with Gasteiger partial charge in [0.15, 0.2) is 0 Å². The Morgan fingerprint density at radius 1 is 1.26 bits per heavy atom. The van der Waals surface area contributed by atoms with Gasteiger partial charge in [0.1, 0.15) is 0 Å². The van der Waals surface area contributed by atoms with Crippen molar-refractivity contribution in [1.82, 2.24) is 0 Å². The third kappa shape index (κ3) is 3.86. The molecule has 0 saturated heterocycles. The number of nitrogens with one attached hydrogen (secondary N) is 1. The fourth-order valence-corrected chi connectivity index (χ4v) is 3.52. The Morgan fingerprint density at radius 3 is 2.47 bits per heavy atom. The van der Waals surface area contributed by atoms with Crippen LogP contribution in [0.5, 0.6) is 0 Å². The minimum Gasteiger partial charge on any atom is -0.396 e.